The average Bonchev–Trinajstić information content (AvgIpc) is 3.79. The van der Waals surface area contributed by atoms with E-state index in [0.29, 0.717) is 58.1 Å². The van der Waals surface area contributed by atoms with E-state index < -0.39 is 29.0 Å². The summed E-state index contributed by atoms with van der Waals surface area (Å²) in [7, 11) is 1.46. The predicted octanol–water partition coefficient (Wildman–Crippen LogP) is 5.51. The van der Waals surface area contributed by atoms with E-state index in [2.05, 4.69) is 15.6 Å². The van der Waals surface area contributed by atoms with Gasteiger partial charge < -0.3 is 30.0 Å². The number of nitrogens with zero attached hydrogens (tertiary/aromatic N) is 1. The van der Waals surface area contributed by atoms with Crippen molar-refractivity contribution in [2.24, 2.45) is 5.41 Å². The van der Waals surface area contributed by atoms with Gasteiger partial charge in [0.1, 0.15) is 11.2 Å². The second-order valence-electron chi connectivity index (χ2n) is 9.92. The first kappa shape index (κ1) is 33.3. The molecule has 0 saturated heterocycles. The van der Waals surface area contributed by atoms with Crippen molar-refractivity contribution in [3.63, 3.8) is 0 Å². The van der Waals surface area contributed by atoms with Crippen molar-refractivity contribution in [1.29, 1.82) is 0 Å². The monoisotopic (exact) mass is 649 g/mol. The summed E-state index contributed by atoms with van der Waals surface area (Å²) in [6, 6.07) is 15.4. The normalized spacial score (nSPS) is 12.9. The van der Waals surface area contributed by atoms with Gasteiger partial charge in [-0.1, -0.05) is 17.7 Å². The van der Waals surface area contributed by atoms with Gasteiger partial charge in [0, 0.05) is 46.5 Å². The fourth-order valence-corrected chi connectivity index (χ4v) is 4.62. The quantitative estimate of drug-likeness (QED) is 0.104. The molecule has 1 saturated carbocycles. The molecule has 0 bridgehead atoms. The van der Waals surface area contributed by atoms with Crippen molar-refractivity contribution >= 4 is 89.4 Å². The molecule has 1 aliphatic rings. The molecule has 0 radical (unpaired) electrons. The number of carbonyl (C=O) groups excluding carboxylic acids is 2. The van der Waals surface area contributed by atoms with E-state index in [-0.39, 0.29) is 62.2 Å². The maximum absolute atomic E-state index is 15.2. The number of hydrogen-bond acceptors (Lipinski definition) is 7. The van der Waals surface area contributed by atoms with Crippen LogP contribution in [0.1, 0.15) is 25.7 Å². The van der Waals surface area contributed by atoms with Crippen LogP contribution in [0.2, 0.25) is 5.02 Å². The van der Waals surface area contributed by atoms with E-state index in [1.807, 2.05) is 0 Å². The summed E-state index contributed by atoms with van der Waals surface area (Å²) >= 11 is 5.98. The number of methoxy groups -OCH3 is 1. The predicted molar refractivity (Wildman–Crippen MR) is 166 cm³/mol. The topological polar surface area (TPSA) is 136 Å². The second kappa shape index (κ2) is 14.4. The number of benzene rings is 3. The van der Waals surface area contributed by atoms with Gasteiger partial charge in [-0.2, -0.15) is 0 Å². The second-order valence-corrected chi connectivity index (χ2v) is 10.4. The molecule has 3 N–H and O–H groups in total. The molecule has 0 unspecified atom stereocenters. The fourth-order valence-electron chi connectivity index (χ4n) is 4.43. The van der Waals surface area contributed by atoms with Crippen molar-refractivity contribution in [2.75, 3.05) is 24.4 Å². The van der Waals surface area contributed by atoms with Gasteiger partial charge in [-0.05, 0) is 61.7 Å². The van der Waals surface area contributed by atoms with Crippen LogP contribution in [0.3, 0.4) is 0 Å². The van der Waals surface area contributed by atoms with Crippen molar-refractivity contribution < 1.29 is 38.1 Å². The summed E-state index contributed by atoms with van der Waals surface area (Å²) in [6.45, 7) is 0.173. The summed E-state index contributed by atoms with van der Waals surface area (Å²) in [5.74, 6) is -1.69. The Morgan fingerprint density at radius 2 is 1.68 bits per heavy atom. The summed E-state index contributed by atoms with van der Waals surface area (Å²) < 4.78 is 32.1. The first-order valence-electron chi connectivity index (χ1n) is 13.4. The number of carboxylic acid groups (broad SMARTS) is 1. The molecule has 1 aromatic heterocycles. The summed E-state index contributed by atoms with van der Waals surface area (Å²) in [5.41, 5.74) is -0.115. The van der Waals surface area contributed by atoms with Gasteiger partial charge in [0.05, 0.1) is 19.2 Å². The Kier molecular flexibility index (Phi) is 10.9. The standard InChI is InChI=1S/C31H27ClFN3O7.Ca.2H/c1-41-26-16-21-23(17-27(26)42-13-3-6-28(37)38)34-12-9-24(21)43-25-8-7-20(15-22(25)33)36-30(40)31(10-11-31)29(39)35-19-5-2-4-18(32)14-19;;;/h2,4-5,7-9,12,14-17H,3,6,10-11,13H2,1H3,(H,35,39)(H,36,40)(H,37,38);;;. The third-order valence-electron chi connectivity index (χ3n) is 6.89. The molecular formula is C31H29CaClFN3O7. The number of nitrogens with one attached hydrogen (secondary N) is 2. The molecule has 5 rings (SSSR count). The minimum atomic E-state index is -1.25. The van der Waals surface area contributed by atoms with Crippen LogP contribution in [0.4, 0.5) is 15.8 Å². The number of amides is 2. The Morgan fingerprint density at radius 3 is 2.32 bits per heavy atom. The van der Waals surface area contributed by atoms with Gasteiger partial charge in [0.15, 0.2) is 23.1 Å². The molecule has 226 valence electrons. The van der Waals surface area contributed by atoms with Crippen LogP contribution < -0.4 is 24.8 Å². The van der Waals surface area contributed by atoms with Gasteiger partial charge in [-0.25, -0.2) is 4.39 Å². The number of halogens is 2. The molecule has 44 heavy (non-hydrogen) atoms. The number of rotatable bonds is 12. The van der Waals surface area contributed by atoms with Crippen molar-refractivity contribution in [3.8, 4) is 23.0 Å². The van der Waals surface area contributed by atoms with Crippen LogP contribution in [0.25, 0.3) is 10.9 Å². The SMILES string of the molecule is COc1cc2c(Oc3ccc(NC(=O)C4(C(=O)Nc5cccc(Cl)c5)CC4)cc3F)ccnc2cc1OCCCC(=O)O.[CaH2]. The van der Waals surface area contributed by atoms with Crippen molar-refractivity contribution in [2.45, 2.75) is 25.7 Å². The van der Waals surface area contributed by atoms with Gasteiger partial charge in [0.25, 0.3) is 0 Å². The Labute approximate surface area is 286 Å². The molecule has 3 aromatic carbocycles. The Hall–Kier alpha value is -3.64. The van der Waals surface area contributed by atoms with Gasteiger partial charge in [-0.3, -0.25) is 19.4 Å². The molecule has 4 aromatic rings. The van der Waals surface area contributed by atoms with Crippen LogP contribution in [0.5, 0.6) is 23.0 Å². The van der Waals surface area contributed by atoms with Gasteiger partial charge >= 0.3 is 43.7 Å². The minimum absolute atomic E-state index is 0. The number of aromatic nitrogens is 1. The van der Waals surface area contributed by atoms with Gasteiger partial charge in [-0.15, -0.1) is 0 Å². The van der Waals surface area contributed by atoms with E-state index in [9.17, 15) is 14.4 Å². The maximum atomic E-state index is 15.2. The van der Waals surface area contributed by atoms with E-state index in [1.54, 1.807) is 42.5 Å². The molecule has 10 nitrogen and oxygen atoms in total. The summed E-state index contributed by atoms with van der Waals surface area (Å²) in [5, 5.41) is 15.2. The number of carboxylic acids is 1. The summed E-state index contributed by atoms with van der Waals surface area (Å²) in [4.78, 5) is 41.0. The fraction of sp³-hybridized carbons (Fsp3) is 0.226. The zero-order chi connectivity index (χ0) is 30.6. The number of pyridine rings is 1. The number of anilines is 2. The molecule has 0 spiro atoms. The first-order valence-corrected chi connectivity index (χ1v) is 13.7. The molecule has 0 aliphatic heterocycles. The molecule has 1 aliphatic carbocycles. The van der Waals surface area contributed by atoms with E-state index in [4.69, 9.17) is 30.9 Å². The molecular weight excluding hydrogens is 621 g/mol. The van der Waals surface area contributed by atoms with Gasteiger partial charge in [0.2, 0.25) is 11.8 Å². The van der Waals surface area contributed by atoms with E-state index in [0.717, 1.165) is 6.07 Å². The van der Waals surface area contributed by atoms with Crippen molar-refractivity contribution in [3.05, 3.63) is 77.7 Å². The molecule has 1 heterocycles. The molecule has 13 heteroatoms. The number of carbonyl (C=O) groups is 3. The Balaban J connectivity index is 0.00000442. The summed E-state index contributed by atoms with van der Waals surface area (Å²) in [6.07, 6.45) is 2.51. The van der Waals surface area contributed by atoms with Crippen LogP contribution in [0, 0.1) is 11.2 Å². The number of ether oxygens (including phenoxy) is 3. The zero-order valence-corrected chi connectivity index (χ0v) is 23.7. The van der Waals surface area contributed by atoms with Crippen LogP contribution in [0.15, 0.2) is 66.9 Å². The number of hydrogen-bond donors (Lipinski definition) is 3. The van der Waals surface area contributed by atoms with Crippen molar-refractivity contribution in [1.82, 2.24) is 4.98 Å². The third-order valence-corrected chi connectivity index (χ3v) is 7.13. The third kappa shape index (κ3) is 7.70. The average molecular weight is 650 g/mol. The Bertz CT molecular complexity index is 1720. The number of fused-ring (bicyclic) bond motifs is 1. The van der Waals surface area contributed by atoms with E-state index in [1.165, 1.54) is 25.4 Å². The van der Waals surface area contributed by atoms with E-state index >= 15 is 4.39 Å². The van der Waals surface area contributed by atoms with Crippen LogP contribution in [-0.2, 0) is 14.4 Å². The molecule has 0 atom stereocenters. The van der Waals surface area contributed by atoms with Crippen LogP contribution in [-0.4, -0.2) is 79.3 Å². The first-order chi connectivity index (χ1) is 20.7. The number of aliphatic carboxylic acids is 1. The molecule has 1 fully saturated rings. The zero-order valence-electron chi connectivity index (χ0n) is 23.0. The van der Waals surface area contributed by atoms with Crippen LogP contribution >= 0.6 is 11.6 Å². The molecule has 2 amide bonds. The Morgan fingerprint density at radius 1 is 0.955 bits per heavy atom.